The van der Waals surface area contributed by atoms with Gasteiger partial charge >= 0.3 is 0 Å². The van der Waals surface area contributed by atoms with Crippen LogP contribution in [-0.2, 0) is 13.1 Å². The van der Waals surface area contributed by atoms with Crippen LogP contribution in [0.1, 0.15) is 38.8 Å². The predicted octanol–water partition coefficient (Wildman–Crippen LogP) is 4.79. The third-order valence-electron chi connectivity index (χ3n) is 5.04. The molecule has 0 aliphatic heterocycles. The van der Waals surface area contributed by atoms with Crippen LogP contribution in [0.4, 0.5) is 10.1 Å². The molecule has 0 unspecified atom stereocenters. The summed E-state index contributed by atoms with van der Waals surface area (Å²) in [6.45, 7) is 6.02. The first-order valence-electron chi connectivity index (χ1n) is 9.65. The highest BCUT2D eigenvalue weighted by atomic mass is 35.5. The molecule has 0 spiro atoms. The van der Waals surface area contributed by atoms with Crippen molar-refractivity contribution in [2.45, 2.75) is 33.9 Å². The normalized spacial score (nSPS) is 11.2. The molecule has 1 N–H and O–H groups in total. The quantitative estimate of drug-likeness (QED) is 0.432. The van der Waals surface area contributed by atoms with Crippen LogP contribution in [0.5, 0.6) is 0 Å². The average molecular weight is 477 g/mol. The Kier molecular flexibility index (Phi) is 6.03. The van der Waals surface area contributed by atoms with E-state index in [0.717, 1.165) is 5.69 Å². The number of amides is 1. The Morgan fingerprint density at radius 1 is 1.22 bits per heavy atom. The smallest absolute Gasteiger partial charge is 0.278 e. The van der Waals surface area contributed by atoms with Gasteiger partial charge in [0, 0.05) is 16.8 Å². The van der Waals surface area contributed by atoms with Crippen molar-refractivity contribution in [3.05, 3.63) is 80.4 Å². The number of aryl methyl sites for hydroxylation is 2. The number of halogens is 3. The number of hydrogen-bond donors (Lipinski definition) is 1. The van der Waals surface area contributed by atoms with Crippen molar-refractivity contribution >= 4 is 34.8 Å². The first-order chi connectivity index (χ1) is 15.2. The average Bonchev–Trinajstić information content (AvgIpc) is 3.40. The van der Waals surface area contributed by atoms with E-state index >= 15 is 0 Å². The largest absolute Gasteiger partial charge is 0.361 e. The maximum absolute atomic E-state index is 13.2. The minimum absolute atomic E-state index is 0.153. The molecule has 0 aliphatic rings. The number of carbonyl (C=O) groups excluding carboxylic acids is 1. The van der Waals surface area contributed by atoms with Crippen molar-refractivity contribution in [2.75, 3.05) is 5.32 Å². The van der Waals surface area contributed by atoms with Gasteiger partial charge < -0.3 is 9.84 Å². The molecule has 0 fully saturated rings. The zero-order chi connectivity index (χ0) is 23.0. The van der Waals surface area contributed by atoms with Crippen LogP contribution in [0.25, 0.3) is 0 Å². The minimum Gasteiger partial charge on any atom is -0.361 e. The fourth-order valence-corrected chi connectivity index (χ4v) is 3.63. The first-order valence-corrected chi connectivity index (χ1v) is 10.4. The van der Waals surface area contributed by atoms with E-state index in [9.17, 15) is 9.18 Å². The van der Waals surface area contributed by atoms with Gasteiger partial charge in [0.25, 0.3) is 5.91 Å². The number of anilines is 1. The zero-order valence-corrected chi connectivity index (χ0v) is 19.0. The van der Waals surface area contributed by atoms with Crippen molar-refractivity contribution in [1.82, 2.24) is 24.7 Å². The molecule has 166 valence electrons. The number of aromatic nitrogens is 5. The maximum Gasteiger partial charge on any atom is 0.278 e. The predicted molar refractivity (Wildman–Crippen MR) is 118 cm³/mol. The summed E-state index contributed by atoms with van der Waals surface area (Å²) in [6.07, 6.45) is 3.15. The molecule has 3 aromatic heterocycles. The van der Waals surface area contributed by atoms with E-state index < -0.39 is 11.7 Å². The van der Waals surface area contributed by atoms with Gasteiger partial charge in [-0.3, -0.25) is 14.2 Å². The summed E-state index contributed by atoms with van der Waals surface area (Å²) in [6, 6.07) is 4.17. The van der Waals surface area contributed by atoms with Crippen LogP contribution in [0, 0.1) is 26.6 Å². The SMILES string of the molecule is Cc1nn(Cc2c(C(=O)Nc3cnn(Cc4ccc(F)cc4Cl)c3)noc2C)c(C)c1Cl. The molecule has 3 heterocycles. The lowest BCUT2D eigenvalue weighted by molar-refractivity contribution is 0.101. The highest BCUT2D eigenvalue weighted by Gasteiger charge is 2.22. The lowest BCUT2D eigenvalue weighted by Gasteiger charge is -2.06. The van der Waals surface area contributed by atoms with Crippen LogP contribution in [0.3, 0.4) is 0 Å². The van der Waals surface area contributed by atoms with E-state index in [1.807, 2.05) is 13.8 Å². The monoisotopic (exact) mass is 476 g/mol. The highest BCUT2D eigenvalue weighted by molar-refractivity contribution is 6.32. The van der Waals surface area contributed by atoms with E-state index in [0.29, 0.717) is 51.4 Å². The maximum atomic E-state index is 13.2. The van der Waals surface area contributed by atoms with E-state index in [1.54, 1.807) is 28.6 Å². The molecule has 0 saturated heterocycles. The van der Waals surface area contributed by atoms with Crippen LogP contribution in [0.2, 0.25) is 10.0 Å². The van der Waals surface area contributed by atoms with Crippen LogP contribution in [0.15, 0.2) is 35.1 Å². The Hall–Kier alpha value is -3.17. The fraction of sp³-hybridized carbons (Fsp3) is 0.238. The molecule has 1 amide bonds. The second-order valence-corrected chi connectivity index (χ2v) is 8.11. The van der Waals surface area contributed by atoms with Gasteiger partial charge in [-0.25, -0.2) is 4.39 Å². The Labute approximate surface area is 192 Å². The molecule has 4 rings (SSSR count). The van der Waals surface area contributed by atoms with Crippen molar-refractivity contribution in [2.24, 2.45) is 0 Å². The van der Waals surface area contributed by atoms with Gasteiger partial charge in [-0.2, -0.15) is 10.2 Å². The summed E-state index contributed by atoms with van der Waals surface area (Å²) >= 11 is 12.3. The Morgan fingerprint density at radius 2 is 2.00 bits per heavy atom. The van der Waals surface area contributed by atoms with Crippen LogP contribution in [-0.4, -0.2) is 30.6 Å². The Bertz CT molecular complexity index is 1310. The van der Waals surface area contributed by atoms with Gasteiger partial charge in [0.2, 0.25) is 0 Å². The molecule has 0 bridgehead atoms. The Balaban J connectivity index is 1.50. The molecule has 4 aromatic rings. The molecule has 0 saturated carbocycles. The van der Waals surface area contributed by atoms with E-state index in [4.69, 9.17) is 27.7 Å². The molecule has 11 heteroatoms. The second-order valence-electron chi connectivity index (χ2n) is 7.32. The highest BCUT2D eigenvalue weighted by Crippen LogP contribution is 2.23. The summed E-state index contributed by atoms with van der Waals surface area (Å²) in [4.78, 5) is 12.9. The molecular weight excluding hydrogens is 458 g/mol. The molecule has 8 nitrogen and oxygen atoms in total. The van der Waals surface area contributed by atoms with E-state index in [1.165, 1.54) is 18.3 Å². The van der Waals surface area contributed by atoms with Gasteiger partial charge in [0.1, 0.15) is 11.6 Å². The van der Waals surface area contributed by atoms with Crippen molar-refractivity contribution in [3.8, 4) is 0 Å². The Morgan fingerprint density at radius 3 is 2.69 bits per heavy atom. The molecule has 32 heavy (non-hydrogen) atoms. The number of hydrogen-bond acceptors (Lipinski definition) is 5. The van der Waals surface area contributed by atoms with Gasteiger partial charge in [-0.1, -0.05) is 34.4 Å². The lowest BCUT2D eigenvalue weighted by Crippen LogP contribution is -2.16. The van der Waals surface area contributed by atoms with Crippen LogP contribution >= 0.6 is 23.2 Å². The number of nitrogens with one attached hydrogen (secondary N) is 1. The van der Waals surface area contributed by atoms with Gasteiger partial charge in [-0.15, -0.1) is 0 Å². The lowest BCUT2D eigenvalue weighted by atomic mass is 10.2. The molecule has 1 aromatic carbocycles. The number of benzene rings is 1. The third-order valence-corrected chi connectivity index (χ3v) is 5.94. The number of rotatable bonds is 6. The number of nitrogens with zero attached hydrogens (tertiary/aromatic N) is 5. The first kappa shape index (κ1) is 22.0. The van der Waals surface area contributed by atoms with Crippen LogP contribution < -0.4 is 5.32 Å². The second kappa shape index (κ2) is 8.76. The standard InChI is InChI=1S/C21H19Cl2FN6O2/c1-11-19(23)12(2)30(27-11)10-17-13(3)32-28-20(17)21(31)26-16-7-25-29(9-16)8-14-4-5-15(24)6-18(14)22/h4-7,9H,8,10H2,1-3H3,(H,26,31). The summed E-state index contributed by atoms with van der Waals surface area (Å²) < 4.78 is 21.8. The van der Waals surface area contributed by atoms with Gasteiger partial charge in [0.05, 0.1) is 41.4 Å². The van der Waals surface area contributed by atoms with Crippen molar-refractivity contribution in [1.29, 1.82) is 0 Å². The zero-order valence-electron chi connectivity index (χ0n) is 17.5. The van der Waals surface area contributed by atoms with Crippen molar-refractivity contribution in [3.63, 3.8) is 0 Å². The van der Waals surface area contributed by atoms with E-state index in [2.05, 4.69) is 20.7 Å². The summed E-state index contributed by atoms with van der Waals surface area (Å²) in [5.41, 5.74) is 3.42. The molecular formula is C21H19Cl2FN6O2. The summed E-state index contributed by atoms with van der Waals surface area (Å²) in [5.74, 6) is -0.335. The number of carbonyl (C=O) groups is 1. The van der Waals surface area contributed by atoms with Gasteiger partial charge in [-0.05, 0) is 38.5 Å². The minimum atomic E-state index is -0.441. The molecule has 0 radical (unpaired) electrons. The van der Waals surface area contributed by atoms with Gasteiger partial charge in [0.15, 0.2) is 5.69 Å². The summed E-state index contributed by atoms with van der Waals surface area (Å²) in [7, 11) is 0. The topological polar surface area (TPSA) is 90.8 Å². The van der Waals surface area contributed by atoms with E-state index in [-0.39, 0.29) is 5.69 Å². The molecule has 0 aliphatic carbocycles. The third kappa shape index (κ3) is 4.39. The van der Waals surface area contributed by atoms with Crippen molar-refractivity contribution < 1.29 is 13.7 Å². The molecule has 0 atom stereocenters. The summed E-state index contributed by atoms with van der Waals surface area (Å²) in [5, 5.41) is 16.2. The fourth-order valence-electron chi connectivity index (χ4n) is 3.26.